The number of nitro groups is 1. The number of carbonyl (C=O) groups is 1. The van der Waals surface area contributed by atoms with Crippen LogP contribution in [0.25, 0.3) is 0 Å². The Balaban J connectivity index is 2.26. The lowest BCUT2D eigenvalue weighted by atomic mass is 10.2. The van der Waals surface area contributed by atoms with Crippen LogP contribution in [0.5, 0.6) is 0 Å². The molecule has 21 heavy (non-hydrogen) atoms. The number of nitrogens with one attached hydrogen (secondary N) is 1. The summed E-state index contributed by atoms with van der Waals surface area (Å²) in [6.07, 6.45) is 1.02. The number of nitrogens with zero attached hydrogens (tertiary/aromatic N) is 1. The molecule has 0 heterocycles. The molecule has 2 unspecified atom stereocenters. The van der Waals surface area contributed by atoms with Gasteiger partial charge in [0.2, 0.25) is 0 Å². The molecule has 1 aliphatic rings. The number of halogens is 1. The highest BCUT2D eigenvalue weighted by atomic mass is 35.7. The lowest BCUT2D eigenvalue weighted by Crippen LogP contribution is -2.26. The van der Waals surface area contributed by atoms with Crippen molar-refractivity contribution in [3.05, 3.63) is 33.9 Å². The van der Waals surface area contributed by atoms with Gasteiger partial charge in [0.05, 0.1) is 9.82 Å². The summed E-state index contributed by atoms with van der Waals surface area (Å²) in [5, 5.41) is 13.4. The molecule has 0 aliphatic heterocycles. The standard InChI is InChI=1S/C12H13ClN2O5S/c1-7-2-9(7)6-14-12(16)8-3-10(15(17)18)5-11(4-8)21(13,19)20/h3-5,7,9H,2,6H2,1H3,(H,14,16). The smallest absolute Gasteiger partial charge is 0.271 e. The van der Waals surface area contributed by atoms with Gasteiger partial charge in [0.15, 0.2) is 0 Å². The van der Waals surface area contributed by atoms with Gasteiger partial charge in [-0.3, -0.25) is 14.9 Å². The van der Waals surface area contributed by atoms with E-state index in [0.717, 1.165) is 24.6 Å². The third-order valence-corrected chi connectivity index (χ3v) is 4.78. The highest BCUT2D eigenvalue weighted by Crippen LogP contribution is 2.36. The van der Waals surface area contributed by atoms with Crippen LogP contribution < -0.4 is 5.32 Å². The van der Waals surface area contributed by atoms with Crippen LogP contribution in [0.1, 0.15) is 23.7 Å². The summed E-state index contributed by atoms with van der Waals surface area (Å²) in [4.78, 5) is 21.5. The average molecular weight is 333 g/mol. The summed E-state index contributed by atoms with van der Waals surface area (Å²) in [7, 11) is 1.03. The first-order valence-corrected chi connectivity index (χ1v) is 8.52. The molecule has 0 radical (unpaired) electrons. The van der Waals surface area contributed by atoms with Gasteiger partial charge >= 0.3 is 0 Å². The van der Waals surface area contributed by atoms with Crippen LogP contribution >= 0.6 is 10.7 Å². The van der Waals surface area contributed by atoms with Crippen LogP contribution in [0.15, 0.2) is 23.1 Å². The minimum absolute atomic E-state index is 0.100. The average Bonchev–Trinajstić information content (AvgIpc) is 3.10. The number of nitro benzene ring substituents is 1. The van der Waals surface area contributed by atoms with Gasteiger partial charge in [-0.25, -0.2) is 8.42 Å². The first-order valence-electron chi connectivity index (χ1n) is 6.21. The molecule has 0 saturated heterocycles. The van der Waals surface area contributed by atoms with Gasteiger partial charge in [-0.05, 0) is 24.3 Å². The fourth-order valence-electron chi connectivity index (χ4n) is 1.97. The molecule has 1 aromatic carbocycles. The molecule has 7 nitrogen and oxygen atoms in total. The quantitative estimate of drug-likeness (QED) is 0.503. The van der Waals surface area contributed by atoms with Crippen molar-refractivity contribution in [2.75, 3.05) is 6.54 Å². The molecule has 2 atom stereocenters. The van der Waals surface area contributed by atoms with Crippen LogP contribution in [0.2, 0.25) is 0 Å². The highest BCUT2D eigenvalue weighted by molar-refractivity contribution is 8.13. The van der Waals surface area contributed by atoms with Crippen molar-refractivity contribution in [3.63, 3.8) is 0 Å². The van der Waals surface area contributed by atoms with Crippen LogP contribution in [0, 0.1) is 22.0 Å². The molecule has 1 fully saturated rings. The third-order valence-electron chi connectivity index (χ3n) is 3.45. The molecular weight excluding hydrogens is 320 g/mol. The van der Waals surface area contributed by atoms with E-state index < -0.39 is 30.5 Å². The van der Waals surface area contributed by atoms with E-state index in [0.29, 0.717) is 18.4 Å². The van der Waals surface area contributed by atoms with E-state index in [1.54, 1.807) is 0 Å². The Morgan fingerprint density at radius 1 is 1.48 bits per heavy atom. The van der Waals surface area contributed by atoms with E-state index in [2.05, 4.69) is 12.2 Å². The molecule has 1 saturated carbocycles. The first-order chi connectivity index (χ1) is 9.68. The van der Waals surface area contributed by atoms with Crippen molar-refractivity contribution >= 4 is 31.3 Å². The molecule has 0 aromatic heterocycles. The second-order valence-electron chi connectivity index (χ2n) is 5.09. The Labute approximate surface area is 125 Å². The lowest BCUT2D eigenvalue weighted by Gasteiger charge is -2.06. The normalized spacial score (nSPS) is 20.9. The molecule has 0 bridgehead atoms. The maximum Gasteiger partial charge on any atom is 0.271 e. The molecule has 0 spiro atoms. The molecule has 114 valence electrons. The summed E-state index contributed by atoms with van der Waals surface area (Å²) in [5.41, 5.74) is -0.599. The summed E-state index contributed by atoms with van der Waals surface area (Å²) >= 11 is 0. The number of benzene rings is 1. The van der Waals surface area contributed by atoms with E-state index in [1.807, 2.05) is 0 Å². The summed E-state index contributed by atoms with van der Waals surface area (Å²) in [5.74, 6) is 0.400. The molecule has 1 N–H and O–H groups in total. The van der Waals surface area contributed by atoms with Crippen LogP contribution in [-0.2, 0) is 9.05 Å². The van der Waals surface area contributed by atoms with Crippen molar-refractivity contribution in [3.8, 4) is 0 Å². The van der Waals surface area contributed by atoms with Gasteiger partial charge in [0.25, 0.3) is 20.6 Å². The van der Waals surface area contributed by atoms with Crippen LogP contribution in [0.4, 0.5) is 5.69 Å². The van der Waals surface area contributed by atoms with Crippen molar-refractivity contribution in [2.24, 2.45) is 11.8 Å². The van der Waals surface area contributed by atoms with Crippen molar-refractivity contribution in [1.82, 2.24) is 5.32 Å². The molecule has 9 heteroatoms. The predicted molar refractivity (Wildman–Crippen MR) is 75.7 cm³/mol. The minimum Gasteiger partial charge on any atom is -0.352 e. The largest absolute Gasteiger partial charge is 0.352 e. The molecule has 1 aromatic rings. The molecular formula is C12H13ClN2O5S. The maximum atomic E-state index is 12.0. The zero-order chi connectivity index (χ0) is 15.8. The second kappa shape index (κ2) is 5.61. The van der Waals surface area contributed by atoms with Crippen molar-refractivity contribution in [1.29, 1.82) is 0 Å². The Bertz CT molecular complexity index is 704. The Hall–Kier alpha value is -1.67. The van der Waals surface area contributed by atoms with E-state index in [9.17, 15) is 23.3 Å². The number of carbonyl (C=O) groups excluding carboxylic acids is 1. The number of non-ortho nitro benzene ring substituents is 1. The SMILES string of the molecule is CC1CC1CNC(=O)c1cc([N+](=O)[O-])cc(S(=O)(=O)Cl)c1. The zero-order valence-electron chi connectivity index (χ0n) is 11.1. The number of amides is 1. The van der Waals surface area contributed by atoms with E-state index >= 15 is 0 Å². The Kier molecular flexibility index (Phi) is 4.20. The first kappa shape index (κ1) is 15.7. The Morgan fingerprint density at radius 3 is 2.57 bits per heavy atom. The predicted octanol–water partition coefficient (Wildman–Crippen LogP) is 1.91. The van der Waals surface area contributed by atoms with E-state index in [-0.39, 0.29) is 5.56 Å². The monoisotopic (exact) mass is 332 g/mol. The van der Waals surface area contributed by atoms with Gasteiger partial charge in [-0.2, -0.15) is 0 Å². The zero-order valence-corrected chi connectivity index (χ0v) is 12.6. The summed E-state index contributed by atoms with van der Waals surface area (Å²) < 4.78 is 22.6. The van der Waals surface area contributed by atoms with E-state index in [1.165, 1.54) is 0 Å². The number of hydrogen-bond acceptors (Lipinski definition) is 5. The van der Waals surface area contributed by atoms with Crippen molar-refractivity contribution < 1.29 is 18.1 Å². The number of rotatable bonds is 5. The van der Waals surface area contributed by atoms with E-state index in [4.69, 9.17) is 10.7 Å². The molecule has 2 rings (SSSR count). The summed E-state index contributed by atoms with van der Waals surface area (Å²) in [6, 6.07) is 2.88. The maximum absolute atomic E-state index is 12.0. The lowest BCUT2D eigenvalue weighted by molar-refractivity contribution is -0.385. The van der Waals surface area contributed by atoms with Gasteiger partial charge < -0.3 is 5.32 Å². The second-order valence-corrected chi connectivity index (χ2v) is 7.66. The van der Waals surface area contributed by atoms with Gasteiger partial charge in [-0.1, -0.05) is 6.92 Å². The van der Waals surface area contributed by atoms with Gasteiger partial charge in [0.1, 0.15) is 0 Å². The summed E-state index contributed by atoms with van der Waals surface area (Å²) in [6.45, 7) is 2.52. The van der Waals surface area contributed by atoms with Crippen LogP contribution in [-0.4, -0.2) is 25.8 Å². The third kappa shape index (κ3) is 3.92. The molecule has 1 aliphatic carbocycles. The van der Waals surface area contributed by atoms with Gasteiger partial charge in [0, 0.05) is 34.9 Å². The topological polar surface area (TPSA) is 106 Å². The van der Waals surface area contributed by atoms with Gasteiger partial charge in [-0.15, -0.1) is 0 Å². The number of hydrogen-bond donors (Lipinski definition) is 1. The van der Waals surface area contributed by atoms with Crippen molar-refractivity contribution in [2.45, 2.75) is 18.2 Å². The fourth-order valence-corrected chi connectivity index (χ4v) is 2.77. The molecule has 1 amide bonds. The minimum atomic E-state index is -4.15. The van der Waals surface area contributed by atoms with Crippen LogP contribution in [0.3, 0.4) is 0 Å². The Morgan fingerprint density at radius 2 is 2.10 bits per heavy atom. The fraction of sp³-hybridized carbons (Fsp3) is 0.417. The highest BCUT2D eigenvalue weighted by Gasteiger charge is 2.32.